The molecular weight excluding hydrogens is 639 g/mol. The molecule has 2 heterocycles. The minimum absolute atomic E-state index is 0.199. The SMILES string of the molecule is COc1ccc(C(NC2=N[C@](C)(c3cc(B4OCC(C)(C)CO4)c(F)cc3F)C(F)(F)CO2)(c2ccccc2)c2ccc(OC)cc2)cc1. The molecule has 4 aromatic rings. The van der Waals surface area contributed by atoms with Gasteiger partial charge >= 0.3 is 13.0 Å². The van der Waals surface area contributed by atoms with Crippen molar-refractivity contribution in [1.82, 2.24) is 5.32 Å². The second kappa shape index (κ2) is 13.1. The van der Waals surface area contributed by atoms with Crippen LogP contribution in [0.4, 0.5) is 17.6 Å². The Balaban J connectivity index is 1.51. The van der Waals surface area contributed by atoms with E-state index in [0.717, 1.165) is 18.6 Å². The van der Waals surface area contributed by atoms with Crippen LogP contribution in [0.25, 0.3) is 0 Å². The van der Waals surface area contributed by atoms with Gasteiger partial charge in [-0.05, 0) is 47.9 Å². The van der Waals surface area contributed by atoms with Crippen LogP contribution in [-0.4, -0.2) is 53.1 Å². The number of methoxy groups -OCH3 is 2. The Morgan fingerprint density at radius 1 is 0.735 bits per heavy atom. The van der Waals surface area contributed by atoms with E-state index in [2.05, 4.69) is 10.3 Å². The highest BCUT2D eigenvalue weighted by molar-refractivity contribution is 6.61. The Morgan fingerprint density at radius 3 is 1.80 bits per heavy atom. The summed E-state index contributed by atoms with van der Waals surface area (Å²) in [6.45, 7) is 4.26. The molecule has 0 aliphatic carbocycles. The summed E-state index contributed by atoms with van der Waals surface area (Å²) in [4.78, 5) is 4.41. The second-order valence-corrected chi connectivity index (χ2v) is 13.2. The summed E-state index contributed by atoms with van der Waals surface area (Å²) in [5, 5.41) is 3.34. The van der Waals surface area contributed by atoms with Gasteiger partial charge in [-0.3, -0.25) is 0 Å². The van der Waals surface area contributed by atoms with Crippen LogP contribution in [0.5, 0.6) is 11.5 Å². The summed E-state index contributed by atoms with van der Waals surface area (Å²) in [6.07, 6.45) is 0. The van der Waals surface area contributed by atoms with Crippen molar-refractivity contribution < 1.29 is 41.1 Å². The summed E-state index contributed by atoms with van der Waals surface area (Å²) in [6, 6.07) is 25.2. The molecule has 256 valence electrons. The van der Waals surface area contributed by atoms with Crippen molar-refractivity contribution in [2.75, 3.05) is 34.0 Å². The molecule has 1 saturated heterocycles. The van der Waals surface area contributed by atoms with E-state index in [1.807, 2.05) is 68.4 Å². The Labute approximate surface area is 283 Å². The standard InChI is InChI=1S/C37H37BF4N2O5/c1-34(2)21-48-38(49-22-34)30-19-29(31(39)20-32(30)40)35(3)36(41,42)23-47-33(43-35)44-37(24-9-7-6-8-10-24,25-11-15-27(45-4)16-12-25)26-13-17-28(46-5)18-14-26/h6-20H,21-23H2,1-5H3,(H,43,44)/t35-/m1/s1. The van der Waals surface area contributed by atoms with Gasteiger partial charge in [-0.1, -0.05) is 74.5 Å². The average Bonchev–Trinajstić information content (AvgIpc) is 3.10. The van der Waals surface area contributed by atoms with Gasteiger partial charge in [-0.25, -0.2) is 13.8 Å². The first-order chi connectivity index (χ1) is 23.3. The fraction of sp³-hybridized carbons (Fsp3) is 0.324. The van der Waals surface area contributed by atoms with Crippen LogP contribution < -0.4 is 20.3 Å². The van der Waals surface area contributed by atoms with Gasteiger partial charge in [-0.2, -0.15) is 8.78 Å². The van der Waals surface area contributed by atoms with Crippen molar-refractivity contribution in [2.45, 2.75) is 37.8 Å². The Bertz CT molecular complexity index is 1770. The van der Waals surface area contributed by atoms with Gasteiger partial charge in [0.2, 0.25) is 0 Å². The zero-order chi connectivity index (χ0) is 35.0. The van der Waals surface area contributed by atoms with Crippen molar-refractivity contribution in [3.8, 4) is 11.5 Å². The molecule has 2 aliphatic heterocycles. The largest absolute Gasteiger partial charge is 0.497 e. The van der Waals surface area contributed by atoms with Crippen molar-refractivity contribution in [1.29, 1.82) is 0 Å². The van der Waals surface area contributed by atoms with Gasteiger partial charge in [0.25, 0.3) is 6.02 Å². The summed E-state index contributed by atoms with van der Waals surface area (Å²) in [5.74, 6) is -4.66. The van der Waals surface area contributed by atoms with E-state index >= 15 is 17.6 Å². The quantitative estimate of drug-likeness (QED) is 0.130. The molecule has 1 atom stereocenters. The first-order valence-corrected chi connectivity index (χ1v) is 15.8. The number of alkyl halides is 2. The number of benzene rings is 4. The summed E-state index contributed by atoms with van der Waals surface area (Å²) in [5.41, 5.74) is -2.76. The molecule has 0 spiro atoms. The fourth-order valence-electron chi connectivity index (χ4n) is 6.18. The maximum absolute atomic E-state index is 16.0. The third-order valence-electron chi connectivity index (χ3n) is 9.09. The van der Waals surface area contributed by atoms with Crippen LogP contribution in [0.1, 0.15) is 43.0 Å². The number of nitrogens with zero attached hydrogens (tertiary/aromatic N) is 1. The predicted molar refractivity (Wildman–Crippen MR) is 179 cm³/mol. The first kappa shape index (κ1) is 34.3. The maximum atomic E-state index is 16.0. The van der Waals surface area contributed by atoms with Crippen molar-refractivity contribution in [2.24, 2.45) is 10.4 Å². The molecule has 0 radical (unpaired) electrons. The van der Waals surface area contributed by atoms with Crippen molar-refractivity contribution >= 4 is 18.6 Å². The highest BCUT2D eigenvalue weighted by Crippen LogP contribution is 2.46. The number of amidine groups is 1. The second-order valence-electron chi connectivity index (χ2n) is 13.2. The van der Waals surface area contributed by atoms with Gasteiger partial charge in [0.1, 0.15) is 28.7 Å². The predicted octanol–water partition coefficient (Wildman–Crippen LogP) is 6.57. The van der Waals surface area contributed by atoms with Crippen LogP contribution in [0, 0.1) is 17.0 Å². The smallest absolute Gasteiger partial charge is 0.496 e. The number of halogens is 4. The average molecular weight is 677 g/mol. The summed E-state index contributed by atoms with van der Waals surface area (Å²) in [7, 11) is 1.90. The van der Waals surface area contributed by atoms with E-state index < -0.39 is 47.9 Å². The lowest BCUT2D eigenvalue weighted by Gasteiger charge is -2.42. The van der Waals surface area contributed by atoms with Crippen LogP contribution in [0.2, 0.25) is 0 Å². The number of hydrogen-bond acceptors (Lipinski definition) is 7. The molecule has 0 bridgehead atoms. The van der Waals surface area contributed by atoms with E-state index in [1.54, 1.807) is 38.5 Å². The number of rotatable bonds is 8. The molecule has 12 heteroatoms. The molecule has 49 heavy (non-hydrogen) atoms. The van der Waals surface area contributed by atoms with Crippen molar-refractivity contribution in [3.05, 3.63) is 125 Å². The van der Waals surface area contributed by atoms with Crippen molar-refractivity contribution in [3.63, 3.8) is 0 Å². The molecule has 0 saturated carbocycles. The molecule has 7 nitrogen and oxygen atoms in total. The molecule has 2 aliphatic rings. The van der Waals surface area contributed by atoms with Gasteiger partial charge in [-0.15, -0.1) is 0 Å². The summed E-state index contributed by atoms with van der Waals surface area (Å²) < 4.78 is 90.8. The molecule has 1 N–H and O–H groups in total. The number of hydrogen-bond donors (Lipinski definition) is 1. The number of nitrogens with one attached hydrogen (secondary N) is 1. The number of aliphatic imine (C=N–C) groups is 1. The van der Waals surface area contributed by atoms with Crippen LogP contribution in [0.15, 0.2) is 96.0 Å². The first-order valence-electron chi connectivity index (χ1n) is 15.8. The van der Waals surface area contributed by atoms with Crippen LogP contribution in [-0.2, 0) is 25.1 Å². The minimum Gasteiger partial charge on any atom is -0.497 e. The molecule has 0 amide bonds. The van der Waals surface area contributed by atoms with E-state index in [-0.39, 0.29) is 30.1 Å². The van der Waals surface area contributed by atoms with Crippen LogP contribution in [0.3, 0.4) is 0 Å². The molecule has 0 unspecified atom stereocenters. The van der Waals surface area contributed by atoms with Crippen LogP contribution >= 0.6 is 0 Å². The lowest BCUT2D eigenvalue weighted by atomic mass is 9.72. The van der Waals surface area contributed by atoms with E-state index in [9.17, 15) is 0 Å². The lowest BCUT2D eigenvalue weighted by Crippen LogP contribution is -2.56. The Kier molecular flexibility index (Phi) is 9.14. The third kappa shape index (κ3) is 6.35. The van der Waals surface area contributed by atoms with Gasteiger partial charge in [0.05, 0.1) is 14.2 Å². The monoisotopic (exact) mass is 676 g/mol. The van der Waals surface area contributed by atoms with E-state index in [0.29, 0.717) is 28.7 Å². The fourth-order valence-corrected chi connectivity index (χ4v) is 6.18. The maximum Gasteiger partial charge on any atom is 0.496 e. The Morgan fingerprint density at radius 2 is 1.27 bits per heavy atom. The summed E-state index contributed by atoms with van der Waals surface area (Å²) >= 11 is 0. The molecular formula is C37H37BF4N2O5. The lowest BCUT2D eigenvalue weighted by molar-refractivity contribution is -0.118. The normalized spacial score (nSPS) is 20.2. The molecule has 6 rings (SSSR count). The molecule has 0 aromatic heterocycles. The third-order valence-corrected chi connectivity index (χ3v) is 9.09. The molecule has 1 fully saturated rings. The highest BCUT2D eigenvalue weighted by Gasteiger charge is 2.57. The van der Waals surface area contributed by atoms with Gasteiger partial charge in [0.15, 0.2) is 12.1 Å². The Hall–Kier alpha value is -4.55. The minimum atomic E-state index is -3.71. The van der Waals surface area contributed by atoms with Gasteiger partial charge < -0.3 is 28.8 Å². The topological polar surface area (TPSA) is 70.5 Å². The van der Waals surface area contributed by atoms with Gasteiger partial charge in [0, 0.05) is 35.7 Å². The zero-order valence-electron chi connectivity index (χ0n) is 27.9. The van der Waals surface area contributed by atoms with E-state index in [1.165, 1.54) is 0 Å². The number of ether oxygens (including phenoxy) is 3. The highest BCUT2D eigenvalue weighted by atomic mass is 19.3. The van der Waals surface area contributed by atoms with E-state index in [4.69, 9.17) is 23.5 Å². The zero-order valence-corrected chi connectivity index (χ0v) is 27.9. The molecule has 4 aromatic carbocycles.